The minimum atomic E-state index is -0.219. The number of amidine groups is 1. The van der Waals surface area contributed by atoms with Gasteiger partial charge in [-0.3, -0.25) is 4.99 Å². The number of rotatable bonds is 5. The van der Waals surface area contributed by atoms with E-state index in [1.807, 2.05) is 13.0 Å². The van der Waals surface area contributed by atoms with Gasteiger partial charge in [0, 0.05) is 21.5 Å². The third kappa shape index (κ3) is 4.15. The van der Waals surface area contributed by atoms with Crippen molar-refractivity contribution >= 4 is 33.5 Å². The quantitative estimate of drug-likeness (QED) is 0.530. The Morgan fingerprint density at radius 2 is 2.16 bits per heavy atom. The second-order valence-corrected chi connectivity index (χ2v) is 7.70. The second-order valence-electron chi connectivity index (χ2n) is 5.87. The molecule has 3 rings (SSSR count). The van der Waals surface area contributed by atoms with Gasteiger partial charge in [-0.25, -0.2) is 4.39 Å². The topological polar surface area (TPSA) is 38.4 Å². The standard InChI is InChI=1S/C20H20BrFN2S/c1-2-24-20(23)17-6-3-7-18(22)16(17)9-8-14-12-15(21)11-13-5-4-10-25-19(13)14/h3-4,6-7,10-12H,2,5,8-9H2,1H3,(H2,23,24). The number of allylic oxidation sites excluding steroid dienone is 1. The Morgan fingerprint density at radius 1 is 1.32 bits per heavy atom. The van der Waals surface area contributed by atoms with Gasteiger partial charge in [-0.05, 0) is 66.5 Å². The van der Waals surface area contributed by atoms with Gasteiger partial charge in [0.25, 0.3) is 0 Å². The third-order valence-corrected chi connectivity index (χ3v) is 5.74. The summed E-state index contributed by atoms with van der Waals surface area (Å²) < 4.78 is 15.5. The SMILES string of the molecule is CCN=C(N)c1cccc(F)c1CCc1cc(Br)cc2c1SC=CC2. The molecule has 5 heteroatoms. The van der Waals surface area contributed by atoms with Crippen molar-refractivity contribution in [3.8, 4) is 0 Å². The summed E-state index contributed by atoms with van der Waals surface area (Å²) in [4.78, 5) is 5.53. The highest BCUT2D eigenvalue weighted by atomic mass is 79.9. The molecule has 0 amide bonds. The number of halogens is 2. The Morgan fingerprint density at radius 3 is 2.96 bits per heavy atom. The van der Waals surface area contributed by atoms with Crippen molar-refractivity contribution in [1.82, 2.24) is 0 Å². The molecule has 0 aromatic heterocycles. The molecule has 130 valence electrons. The van der Waals surface area contributed by atoms with Gasteiger partial charge in [0.1, 0.15) is 11.7 Å². The lowest BCUT2D eigenvalue weighted by atomic mass is 9.97. The maximum atomic E-state index is 14.4. The highest BCUT2D eigenvalue weighted by Crippen LogP contribution is 2.35. The molecule has 1 aliphatic heterocycles. The smallest absolute Gasteiger partial charge is 0.127 e. The number of hydrogen-bond acceptors (Lipinski definition) is 2. The van der Waals surface area contributed by atoms with Crippen LogP contribution in [0.3, 0.4) is 0 Å². The van der Waals surface area contributed by atoms with E-state index in [4.69, 9.17) is 5.73 Å². The number of nitrogens with two attached hydrogens (primary N) is 1. The first-order valence-corrected chi connectivity index (χ1v) is 9.98. The summed E-state index contributed by atoms with van der Waals surface area (Å²) >= 11 is 5.33. The number of fused-ring (bicyclic) bond motifs is 1. The average Bonchev–Trinajstić information content (AvgIpc) is 2.60. The molecular formula is C20H20BrFN2S. The molecule has 25 heavy (non-hydrogen) atoms. The van der Waals surface area contributed by atoms with Gasteiger partial charge >= 0.3 is 0 Å². The van der Waals surface area contributed by atoms with Crippen LogP contribution in [0.4, 0.5) is 4.39 Å². The van der Waals surface area contributed by atoms with E-state index in [0.29, 0.717) is 29.9 Å². The summed E-state index contributed by atoms with van der Waals surface area (Å²) in [5, 5.41) is 2.13. The molecule has 0 atom stereocenters. The van der Waals surface area contributed by atoms with E-state index in [1.165, 1.54) is 22.1 Å². The Bertz CT molecular complexity index is 846. The van der Waals surface area contributed by atoms with Gasteiger partial charge in [-0.2, -0.15) is 0 Å². The summed E-state index contributed by atoms with van der Waals surface area (Å²) in [6, 6.07) is 9.32. The Kier molecular flexibility index (Phi) is 5.97. The zero-order chi connectivity index (χ0) is 17.8. The fraction of sp³-hybridized carbons (Fsp3) is 0.250. The van der Waals surface area contributed by atoms with Crippen LogP contribution in [0.2, 0.25) is 0 Å². The molecule has 2 N–H and O–H groups in total. The highest BCUT2D eigenvalue weighted by molar-refractivity contribution is 9.10. The lowest BCUT2D eigenvalue weighted by molar-refractivity contribution is 0.607. The van der Waals surface area contributed by atoms with E-state index in [2.05, 4.69) is 44.5 Å². The molecule has 1 aliphatic rings. The minimum Gasteiger partial charge on any atom is -0.383 e. The molecule has 2 nitrogen and oxygen atoms in total. The highest BCUT2D eigenvalue weighted by Gasteiger charge is 2.15. The molecule has 0 saturated carbocycles. The minimum absolute atomic E-state index is 0.219. The normalized spacial score (nSPS) is 13.8. The predicted molar refractivity (Wildman–Crippen MR) is 108 cm³/mol. The van der Waals surface area contributed by atoms with Crippen molar-refractivity contribution in [1.29, 1.82) is 0 Å². The Balaban J connectivity index is 1.91. The van der Waals surface area contributed by atoms with Gasteiger partial charge in [-0.1, -0.05) is 45.9 Å². The molecule has 0 saturated heterocycles. The first kappa shape index (κ1) is 18.2. The molecule has 2 aromatic carbocycles. The van der Waals surface area contributed by atoms with Crippen molar-refractivity contribution in [3.63, 3.8) is 0 Å². The van der Waals surface area contributed by atoms with E-state index >= 15 is 0 Å². The molecule has 0 radical (unpaired) electrons. The van der Waals surface area contributed by atoms with Crippen LogP contribution in [0.25, 0.3) is 0 Å². The Labute approximate surface area is 160 Å². The largest absolute Gasteiger partial charge is 0.383 e. The zero-order valence-electron chi connectivity index (χ0n) is 14.1. The van der Waals surface area contributed by atoms with Gasteiger partial charge in [0.05, 0.1) is 0 Å². The summed E-state index contributed by atoms with van der Waals surface area (Å²) in [5.74, 6) is 0.189. The van der Waals surface area contributed by atoms with Crippen LogP contribution in [-0.4, -0.2) is 12.4 Å². The van der Waals surface area contributed by atoms with Crippen molar-refractivity contribution in [3.05, 3.63) is 74.4 Å². The average molecular weight is 419 g/mol. The van der Waals surface area contributed by atoms with Crippen LogP contribution in [0.1, 0.15) is 29.2 Å². The molecule has 1 heterocycles. The van der Waals surface area contributed by atoms with Crippen molar-refractivity contribution in [2.75, 3.05) is 6.54 Å². The second kappa shape index (κ2) is 8.19. The first-order valence-electron chi connectivity index (χ1n) is 8.30. The Hall–Kier alpha value is -1.59. The van der Waals surface area contributed by atoms with Crippen LogP contribution in [-0.2, 0) is 19.3 Å². The van der Waals surface area contributed by atoms with E-state index < -0.39 is 0 Å². The predicted octanol–water partition coefficient (Wildman–Crippen LogP) is 5.26. The van der Waals surface area contributed by atoms with E-state index in [-0.39, 0.29) is 5.82 Å². The molecule has 2 aromatic rings. The van der Waals surface area contributed by atoms with Gasteiger partial charge in [0.15, 0.2) is 0 Å². The summed E-state index contributed by atoms with van der Waals surface area (Å²) in [7, 11) is 0. The fourth-order valence-corrected chi connectivity index (χ4v) is 4.55. The molecule has 0 unspecified atom stereocenters. The number of aliphatic imine (C=N–C) groups is 1. The van der Waals surface area contributed by atoms with E-state index in [1.54, 1.807) is 17.8 Å². The van der Waals surface area contributed by atoms with Gasteiger partial charge in [-0.15, -0.1) is 0 Å². The number of hydrogen-bond donors (Lipinski definition) is 1. The van der Waals surface area contributed by atoms with Gasteiger partial charge < -0.3 is 5.73 Å². The number of benzene rings is 2. The zero-order valence-corrected chi connectivity index (χ0v) is 16.5. The summed E-state index contributed by atoms with van der Waals surface area (Å²) in [6.07, 6.45) is 4.46. The maximum absolute atomic E-state index is 14.4. The number of thioether (sulfide) groups is 1. The van der Waals surface area contributed by atoms with Crippen LogP contribution < -0.4 is 5.73 Å². The molecule has 0 spiro atoms. The van der Waals surface area contributed by atoms with E-state index in [9.17, 15) is 4.39 Å². The lowest BCUT2D eigenvalue weighted by Gasteiger charge is -2.17. The molecule has 0 bridgehead atoms. The van der Waals surface area contributed by atoms with Crippen LogP contribution in [0, 0.1) is 5.82 Å². The number of aryl methyl sites for hydroxylation is 1. The first-order chi connectivity index (χ1) is 12.1. The van der Waals surface area contributed by atoms with E-state index in [0.717, 1.165) is 17.3 Å². The van der Waals surface area contributed by atoms with Crippen LogP contribution >= 0.6 is 27.7 Å². The lowest BCUT2D eigenvalue weighted by Crippen LogP contribution is -2.17. The van der Waals surface area contributed by atoms with Crippen molar-refractivity contribution < 1.29 is 4.39 Å². The molecule has 0 fully saturated rings. The third-order valence-electron chi connectivity index (χ3n) is 4.20. The maximum Gasteiger partial charge on any atom is 0.127 e. The summed E-state index contributed by atoms with van der Waals surface area (Å²) in [6.45, 7) is 2.51. The molecular weight excluding hydrogens is 399 g/mol. The number of nitrogens with zero attached hydrogens (tertiary/aromatic N) is 1. The van der Waals surface area contributed by atoms with Crippen LogP contribution in [0.15, 0.2) is 56.2 Å². The summed E-state index contributed by atoms with van der Waals surface area (Å²) in [5.41, 5.74) is 9.94. The van der Waals surface area contributed by atoms with Crippen molar-refractivity contribution in [2.24, 2.45) is 10.7 Å². The van der Waals surface area contributed by atoms with Gasteiger partial charge in [0.2, 0.25) is 0 Å². The molecule has 0 aliphatic carbocycles. The van der Waals surface area contributed by atoms with Crippen molar-refractivity contribution in [2.45, 2.75) is 31.1 Å². The van der Waals surface area contributed by atoms with Crippen LogP contribution in [0.5, 0.6) is 0 Å². The monoisotopic (exact) mass is 418 g/mol. The fourth-order valence-electron chi connectivity index (χ4n) is 3.06.